The van der Waals surface area contributed by atoms with Crippen LogP contribution in [0.25, 0.3) is 0 Å². The first-order valence-corrected chi connectivity index (χ1v) is 8.95. The van der Waals surface area contributed by atoms with Crippen LogP contribution in [0.1, 0.15) is 13.8 Å². The first kappa shape index (κ1) is 18.1. The molecule has 0 saturated heterocycles. The summed E-state index contributed by atoms with van der Waals surface area (Å²) >= 11 is 1.11. The Bertz CT molecular complexity index is 874. The SMILES string of the molecule is CCN(CC)C1=C(Sc2nncn2C)C(=O)N(c2ccc(F)cc2)C1=O. The van der Waals surface area contributed by atoms with Crippen molar-refractivity contribution in [2.75, 3.05) is 18.0 Å². The number of halogens is 1. The molecule has 9 heteroatoms. The molecule has 2 heterocycles. The van der Waals surface area contributed by atoms with Gasteiger partial charge in [0, 0.05) is 20.1 Å². The lowest BCUT2D eigenvalue weighted by Gasteiger charge is -2.22. The molecule has 0 bridgehead atoms. The minimum Gasteiger partial charge on any atom is -0.367 e. The van der Waals surface area contributed by atoms with Gasteiger partial charge in [-0.2, -0.15) is 0 Å². The quantitative estimate of drug-likeness (QED) is 0.721. The molecule has 0 unspecified atom stereocenters. The lowest BCUT2D eigenvalue weighted by atomic mass is 10.3. The van der Waals surface area contributed by atoms with Gasteiger partial charge in [0.2, 0.25) is 0 Å². The predicted molar refractivity (Wildman–Crippen MR) is 95.7 cm³/mol. The van der Waals surface area contributed by atoms with Crippen LogP contribution in [0.5, 0.6) is 0 Å². The van der Waals surface area contributed by atoms with Gasteiger partial charge in [-0.15, -0.1) is 10.2 Å². The molecule has 26 heavy (non-hydrogen) atoms. The number of anilines is 1. The van der Waals surface area contributed by atoms with E-state index in [1.807, 2.05) is 18.7 Å². The van der Waals surface area contributed by atoms with Crippen molar-refractivity contribution in [3.8, 4) is 0 Å². The van der Waals surface area contributed by atoms with Crippen molar-refractivity contribution in [2.24, 2.45) is 7.05 Å². The Morgan fingerprint density at radius 3 is 2.31 bits per heavy atom. The fourth-order valence-electron chi connectivity index (χ4n) is 2.69. The minimum atomic E-state index is -0.448. The van der Waals surface area contributed by atoms with E-state index in [1.165, 1.54) is 30.6 Å². The largest absolute Gasteiger partial charge is 0.367 e. The van der Waals surface area contributed by atoms with Crippen molar-refractivity contribution in [1.82, 2.24) is 19.7 Å². The number of hydrogen-bond donors (Lipinski definition) is 0. The fraction of sp³-hybridized carbons (Fsp3) is 0.294. The molecule has 2 amide bonds. The van der Waals surface area contributed by atoms with E-state index in [0.29, 0.717) is 34.5 Å². The summed E-state index contributed by atoms with van der Waals surface area (Å²) in [7, 11) is 1.76. The van der Waals surface area contributed by atoms with Crippen molar-refractivity contribution in [1.29, 1.82) is 0 Å². The lowest BCUT2D eigenvalue weighted by Crippen LogP contribution is -2.35. The van der Waals surface area contributed by atoms with E-state index in [4.69, 9.17) is 0 Å². The molecule has 0 saturated carbocycles. The van der Waals surface area contributed by atoms with Crippen LogP contribution in [-0.4, -0.2) is 44.6 Å². The standard InChI is InChI=1S/C17H18FN5O2S/c1-4-22(5-2)13-14(26-17-20-19-10-21(17)3)16(25)23(15(13)24)12-8-6-11(18)7-9-12/h6-10H,4-5H2,1-3H3. The summed E-state index contributed by atoms with van der Waals surface area (Å²) in [6.07, 6.45) is 1.53. The van der Waals surface area contributed by atoms with Crippen LogP contribution in [0, 0.1) is 5.82 Å². The number of hydrogen-bond acceptors (Lipinski definition) is 6. The summed E-state index contributed by atoms with van der Waals surface area (Å²) in [5.74, 6) is -1.30. The molecule has 1 aliphatic heterocycles. The molecule has 0 aliphatic carbocycles. The molecule has 1 aliphatic rings. The van der Waals surface area contributed by atoms with Crippen molar-refractivity contribution >= 4 is 29.3 Å². The van der Waals surface area contributed by atoms with Gasteiger partial charge in [0.25, 0.3) is 11.8 Å². The Balaban J connectivity index is 2.05. The predicted octanol–water partition coefficient (Wildman–Crippen LogP) is 2.17. The van der Waals surface area contributed by atoms with Crippen molar-refractivity contribution in [3.63, 3.8) is 0 Å². The van der Waals surface area contributed by atoms with Gasteiger partial charge >= 0.3 is 0 Å². The van der Waals surface area contributed by atoms with Gasteiger partial charge in [-0.3, -0.25) is 9.59 Å². The zero-order chi connectivity index (χ0) is 18.8. The maximum absolute atomic E-state index is 13.2. The molecule has 1 aromatic carbocycles. The van der Waals surface area contributed by atoms with Gasteiger partial charge in [-0.05, 0) is 49.9 Å². The highest BCUT2D eigenvalue weighted by atomic mass is 32.2. The molecule has 136 valence electrons. The second-order valence-corrected chi connectivity index (χ2v) is 6.58. The van der Waals surface area contributed by atoms with E-state index in [-0.39, 0.29) is 0 Å². The number of rotatable bonds is 6. The third kappa shape index (κ3) is 3.10. The number of aryl methyl sites for hydroxylation is 1. The molecule has 2 aromatic rings. The van der Waals surface area contributed by atoms with Gasteiger partial charge in [0.15, 0.2) is 5.16 Å². The molecular weight excluding hydrogens is 357 g/mol. The number of aromatic nitrogens is 3. The van der Waals surface area contributed by atoms with Crippen molar-refractivity contribution in [2.45, 2.75) is 19.0 Å². The number of thioether (sulfide) groups is 1. The molecule has 0 atom stereocenters. The number of carbonyl (C=O) groups is 2. The first-order valence-electron chi connectivity index (χ1n) is 8.13. The number of benzene rings is 1. The van der Waals surface area contributed by atoms with Gasteiger partial charge in [0.1, 0.15) is 22.7 Å². The number of nitrogens with zero attached hydrogens (tertiary/aromatic N) is 5. The Kier molecular flexibility index (Phi) is 5.08. The Morgan fingerprint density at radius 1 is 1.12 bits per heavy atom. The Morgan fingerprint density at radius 2 is 1.77 bits per heavy atom. The summed E-state index contributed by atoms with van der Waals surface area (Å²) in [4.78, 5) is 29.3. The normalized spacial score (nSPS) is 14.5. The molecule has 0 spiro atoms. The van der Waals surface area contributed by atoms with Gasteiger partial charge in [-0.1, -0.05) is 0 Å². The molecular formula is C17H18FN5O2S. The van der Waals surface area contributed by atoms with E-state index in [1.54, 1.807) is 11.6 Å². The average Bonchev–Trinajstić information content (AvgIpc) is 3.13. The molecule has 3 rings (SSSR count). The summed E-state index contributed by atoms with van der Waals surface area (Å²) in [6, 6.07) is 5.28. The van der Waals surface area contributed by atoms with Crippen LogP contribution < -0.4 is 4.90 Å². The van der Waals surface area contributed by atoms with Gasteiger partial charge < -0.3 is 9.47 Å². The highest BCUT2D eigenvalue weighted by molar-refractivity contribution is 8.04. The van der Waals surface area contributed by atoms with Crippen LogP contribution in [-0.2, 0) is 16.6 Å². The van der Waals surface area contributed by atoms with Crippen LogP contribution in [0.2, 0.25) is 0 Å². The maximum Gasteiger partial charge on any atom is 0.283 e. The lowest BCUT2D eigenvalue weighted by molar-refractivity contribution is -0.121. The zero-order valence-electron chi connectivity index (χ0n) is 14.6. The maximum atomic E-state index is 13.2. The number of imide groups is 1. The summed E-state index contributed by atoms with van der Waals surface area (Å²) in [5.41, 5.74) is 0.664. The molecule has 1 aromatic heterocycles. The summed E-state index contributed by atoms with van der Waals surface area (Å²) in [5, 5.41) is 8.30. The molecule has 0 N–H and O–H groups in total. The first-order chi connectivity index (χ1) is 12.5. The minimum absolute atomic E-state index is 0.291. The summed E-state index contributed by atoms with van der Waals surface area (Å²) < 4.78 is 14.9. The number of amides is 2. The number of likely N-dealkylation sites (N-methyl/N-ethyl adjacent to an activating group) is 1. The van der Waals surface area contributed by atoms with E-state index in [0.717, 1.165) is 16.7 Å². The van der Waals surface area contributed by atoms with Crippen LogP contribution in [0.15, 0.2) is 46.4 Å². The monoisotopic (exact) mass is 375 g/mol. The Labute approximate surface area is 154 Å². The van der Waals surface area contributed by atoms with Crippen LogP contribution >= 0.6 is 11.8 Å². The third-order valence-electron chi connectivity index (χ3n) is 4.05. The number of carbonyl (C=O) groups excluding carboxylic acids is 2. The molecule has 0 radical (unpaired) electrons. The highest BCUT2D eigenvalue weighted by Crippen LogP contribution is 2.37. The topological polar surface area (TPSA) is 71.3 Å². The van der Waals surface area contributed by atoms with E-state index in [2.05, 4.69) is 10.2 Å². The highest BCUT2D eigenvalue weighted by Gasteiger charge is 2.42. The third-order valence-corrected chi connectivity index (χ3v) is 5.17. The molecule has 7 nitrogen and oxygen atoms in total. The average molecular weight is 375 g/mol. The van der Waals surface area contributed by atoms with Crippen molar-refractivity contribution in [3.05, 3.63) is 47.0 Å². The van der Waals surface area contributed by atoms with Crippen LogP contribution in [0.3, 0.4) is 0 Å². The fourth-order valence-corrected chi connectivity index (χ4v) is 3.64. The van der Waals surface area contributed by atoms with Gasteiger partial charge in [0.05, 0.1) is 5.69 Å². The van der Waals surface area contributed by atoms with E-state index in [9.17, 15) is 14.0 Å². The second-order valence-electron chi connectivity index (χ2n) is 5.60. The van der Waals surface area contributed by atoms with Gasteiger partial charge in [-0.25, -0.2) is 9.29 Å². The summed E-state index contributed by atoms with van der Waals surface area (Å²) in [6.45, 7) is 4.98. The van der Waals surface area contributed by atoms with Crippen LogP contribution in [0.4, 0.5) is 10.1 Å². The van der Waals surface area contributed by atoms with E-state index >= 15 is 0 Å². The molecule has 0 fully saturated rings. The van der Waals surface area contributed by atoms with E-state index < -0.39 is 17.6 Å². The van der Waals surface area contributed by atoms with Crippen molar-refractivity contribution < 1.29 is 14.0 Å². The second kappa shape index (κ2) is 7.28. The Hall–Kier alpha value is -2.68. The zero-order valence-corrected chi connectivity index (χ0v) is 15.5. The smallest absolute Gasteiger partial charge is 0.283 e.